The Bertz CT molecular complexity index is 391. The molecule has 0 aliphatic carbocycles. The van der Waals surface area contributed by atoms with Crippen LogP contribution < -0.4 is 10.5 Å². The first-order valence-corrected chi connectivity index (χ1v) is 5.88. The lowest BCUT2D eigenvalue weighted by Crippen LogP contribution is -2.26. The van der Waals surface area contributed by atoms with Crippen LogP contribution in [0.1, 0.15) is 32.4 Å². The fourth-order valence-electron chi connectivity index (χ4n) is 1.42. The average molecular weight is 325 g/mol. The second-order valence-corrected chi connectivity index (χ2v) is 5.75. The number of benzene rings is 1. The van der Waals surface area contributed by atoms with E-state index in [9.17, 15) is 5.11 Å². The van der Waals surface area contributed by atoms with E-state index < -0.39 is 0 Å². The van der Waals surface area contributed by atoms with Gasteiger partial charge in [-0.15, -0.1) is 12.4 Å². The summed E-state index contributed by atoms with van der Waals surface area (Å²) in [6, 6.07) is 3.24. The van der Waals surface area contributed by atoms with Crippen LogP contribution in [0.3, 0.4) is 0 Å². The largest absolute Gasteiger partial charge is 0.506 e. The number of ether oxygens (including phenoxy) is 1. The van der Waals surface area contributed by atoms with Gasteiger partial charge in [0.25, 0.3) is 0 Å². The van der Waals surface area contributed by atoms with Crippen molar-refractivity contribution in [2.24, 2.45) is 11.1 Å². The van der Waals surface area contributed by atoms with Crippen molar-refractivity contribution in [3.63, 3.8) is 0 Å². The number of hydrogen-bond donors (Lipinski definition) is 2. The summed E-state index contributed by atoms with van der Waals surface area (Å²) in [6.45, 7) is 6.10. The van der Waals surface area contributed by atoms with Crippen molar-refractivity contribution in [1.29, 1.82) is 0 Å². The normalized spacial score (nSPS) is 12.8. The molecule has 0 saturated carbocycles. The van der Waals surface area contributed by atoms with Crippen LogP contribution in [0.4, 0.5) is 0 Å². The summed E-state index contributed by atoms with van der Waals surface area (Å²) in [5.74, 6) is 0.864. The van der Waals surface area contributed by atoms with E-state index in [-0.39, 0.29) is 29.6 Å². The molecule has 0 fully saturated rings. The third kappa shape index (κ3) is 3.76. The van der Waals surface area contributed by atoms with Gasteiger partial charge in [0.2, 0.25) is 0 Å². The Morgan fingerprint density at radius 1 is 1.35 bits per heavy atom. The lowest BCUT2D eigenvalue weighted by molar-refractivity contribution is 0.315. The van der Waals surface area contributed by atoms with Gasteiger partial charge in [-0.25, -0.2) is 0 Å². The van der Waals surface area contributed by atoms with Crippen molar-refractivity contribution >= 4 is 28.3 Å². The SMILES string of the molecule is COc1cc(Br)c(O)c([C@H](N)C(C)(C)C)c1.Cl. The molecule has 0 radical (unpaired) electrons. The summed E-state index contributed by atoms with van der Waals surface area (Å²) < 4.78 is 5.76. The molecule has 1 aromatic carbocycles. The summed E-state index contributed by atoms with van der Waals surface area (Å²) in [4.78, 5) is 0. The lowest BCUT2D eigenvalue weighted by Gasteiger charge is -2.28. The van der Waals surface area contributed by atoms with Crippen molar-refractivity contribution in [2.75, 3.05) is 7.11 Å². The molecule has 5 heteroatoms. The van der Waals surface area contributed by atoms with E-state index in [1.54, 1.807) is 19.2 Å². The minimum absolute atomic E-state index is 0. The highest BCUT2D eigenvalue weighted by atomic mass is 79.9. The molecule has 0 aromatic heterocycles. The van der Waals surface area contributed by atoms with Gasteiger partial charge in [-0.2, -0.15) is 0 Å². The fourth-order valence-corrected chi connectivity index (χ4v) is 1.87. The maximum atomic E-state index is 9.97. The first-order chi connectivity index (χ1) is 7.27. The number of halogens is 2. The van der Waals surface area contributed by atoms with Crippen LogP contribution >= 0.6 is 28.3 Å². The molecular formula is C12H19BrClNO2. The molecule has 0 unspecified atom stereocenters. The number of phenols is 1. The highest BCUT2D eigenvalue weighted by molar-refractivity contribution is 9.10. The molecule has 3 N–H and O–H groups in total. The molecule has 0 saturated heterocycles. The molecule has 1 atom stereocenters. The fraction of sp³-hybridized carbons (Fsp3) is 0.500. The van der Waals surface area contributed by atoms with Crippen LogP contribution in [0.15, 0.2) is 16.6 Å². The molecule has 1 aromatic rings. The van der Waals surface area contributed by atoms with E-state index in [4.69, 9.17) is 10.5 Å². The highest BCUT2D eigenvalue weighted by Crippen LogP contribution is 2.40. The molecule has 0 aliphatic rings. The zero-order chi connectivity index (χ0) is 12.5. The molecule has 1 rings (SSSR count). The molecule has 0 spiro atoms. The number of methoxy groups -OCH3 is 1. The third-order valence-corrected chi connectivity index (χ3v) is 3.17. The third-order valence-electron chi connectivity index (χ3n) is 2.57. The Balaban J connectivity index is 0.00000256. The topological polar surface area (TPSA) is 55.5 Å². The smallest absolute Gasteiger partial charge is 0.134 e. The quantitative estimate of drug-likeness (QED) is 0.873. The molecular weight excluding hydrogens is 305 g/mol. The Morgan fingerprint density at radius 2 is 1.88 bits per heavy atom. The molecule has 0 amide bonds. The van der Waals surface area contributed by atoms with E-state index in [0.717, 1.165) is 0 Å². The first kappa shape index (κ1) is 16.6. The van der Waals surface area contributed by atoms with E-state index in [1.165, 1.54) is 0 Å². The Morgan fingerprint density at radius 3 is 2.29 bits per heavy atom. The van der Waals surface area contributed by atoms with Gasteiger partial charge in [0.1, 0.15) is 11.5 Å². The van der Waals surface area contributed by atoms with Crippen molar-refractivity contribution in [3.8, 4) is 11.5 Å². The number of rotatable bonds is 2. The minimum atomic E-state index is -0.251. The van der Waals surface area contributed by atoms with Crippen LogP contribution in [0.5, 0.6) is 11.5 Å². The van der Waals surface area contributed by atoms with E-state index in [1.807, 2.05) is 20.8 Å². The average Bonchev–Trinajstić information content (AvgIpc) is 2.19. The summed E-state index contributed by atoms with van der Waals surface area (Å²) in [5, 5.41) is 9.97. The van der Waals surface area contributed by atoms with Crippen LogP contribution in [0.2, 0.25) is 0 Å². The van der Waals surface area contributed by atoms with E-state index in [2.05, 4.69) is 15.9 Å². The van der Waals surface area contributed by atoms with Crippen LogP contribution in [0, 0.1) is 5.41 Å². The minimum Gasteiger partial charge on any atom is -0.506 e. The zero-order valence-corrected chi connectivity index (χ0v) is 12.9. The first-order valence-electron chi connectivity index (χ1n) is 5.09. The van der Waals surface area contributed by atoms with E-state index in [0.29, 0.717) is 15.8 Å². The van der Waals surface area contributed by atoms with Gasteiger partial charge in [0.15, 0.2) is 0 Å². The monoisotopic (exact) mass is 323 g/mol. The Labute approximate surface area is 117 Å². The van der Waals surface area contributed by atoms with Crippen LogP contribution in [0.25, 0.3) is 0 Å². The summed E-state index contributed by atoms with van der Waals surface area (Å²) in [6.07, 6.45) is 0. The van der Waals surface area contributed by atoms with Gasteiger partial charge >= 0.3 is 0 Å². The molecule has 17 heavy (non-hydrogen) atoms. The molecule has 0 heterocycles. The van der Waals surface area contributed by atoms with Gasteiger partial charge in [-0.3, -0.25) is 0 Å². The zero-order valence-electron chi connectivity index (χ0n) is 10.5. The number of phenolic OH excluding ortho intramolecular Hbond substituents is 1. The number of hydrogen-bond acceptors (Lipinski definition) is 3. The Kier molecular flexibility index (Phi) is 5.78. The van der Waals surface area contributed by atoms with Gasteiger partial charge < -0.3 is 15.6 Å². The number of nitrogens with two attached hydrogens (primary N) is 1. The molecule has 0 aliphatic heterocycles. The second-order valence-electron chi connectivity index (χ2n) is 4.89. The second kappa shape index (κ2) is 5.94. The van der Waals surface area contributed by atoms with Gasteiger partial charge in [0.05, 0.1) is 11.6 Å². The maximum absolute atomic E-state index is 9.97. The van der Waals surface area contributed by atoms with Crippen molar-refractivity contribution in [1.82, 2.24) is 0 Å². The van der Waals surface area contributed by atoms with Crippen LogP contribution in [-0.4, -0.2) is 12.2 Å². The molecule has 98 valence electrons. The predicted octanol–water partition coefficient (Wildman–Crippen LogP) is 3.63. The van der Waals surface area contributed by atoms with Gasteiger partial charge in [-0.1, -0.05) is 20.8 Å². The lowest BCUT2D eigenvalue weighted by atomic mass is 9.82. The van der Waals surface area contributed by atoms with Crippen LogP contribution in [-0.2, 0) is 0 Å². The number of aromatic hydroxyl groups is 1. The van der Waals surface area contributed by atoms with Crippen molar-refractivity contribution in [2.45, 2.75) is 26.8 Å². The van der Waals surface area contributed by atoms with Crippen molar-refractivity contribution in [3.05, 3.63) is 22.2 Å². The predicted molar refractivity (Wildman–Crippen MR) is 76.0 cm³/mol. The Hall–Kier alpha value is -0.450. The molecule has 3 nitrogen and oxygen atoms in total. The maximum Gasteiger partial charge on any atom is 0.134 e. The molecule has 0 bridgehead atoms. The van der Waals surface area contributed by atoms with Gasteiger partial charge in [-0.05, 0) is 33.5 Å². The summed E-state index contributed by atoms with van der Waals surface area (Å²) >= 11 is 3.29. The summed E-state index contributed by atoms with van der Waals surface area (Å²) in [5.41, 5.74) is 6.70. The van der Waals surface area contributed by atoms with Crippen molar-refractivity contribution < 1.29 is 9.84 Å². The summed E-state index contributed by atoms with van der Waals surface area (Å²) in [7, 11) is 1.59. The highest BCUT2D eigenvalue weighted by Gasteiger charge is 2.26. The van der Waals surface area contributed by atoms with E-state index >= 15 is 0 Å². The standard InChI is InChI=1S/C12H18BrNO2.ClH/c1-12(2,3)11(14)8-5-7(16-4)6-9(13)10(8)15;/h5-6,11,15H,14H2,1-4H3;1H/t11-;/m0./s1. The van der Waals surface area contributed by atoms with Gasteiger partial charge in [0, 0.05) is 11.6 Å².